The number of nitrogens with two attached hydrogens (primary N) is 1. The zero-order chi connectivity index (χ0) is 22.1. The molecule has 0 amide bonds. The van der Waals surface area contributed by atoms with Gasteiger partial charge in [-0.25, -0.2) is 9.97 Å². The van der Waals surface area contributed by atoms with Crippen LogP contribution in [0.3, 0.4) is 0 Å². The maximum absolute atomic E-state index is 13.4. The highest BCUT2D eigenvalue weighted by Gasteiger charge is 2.19. The second-order valence-corrected chi connectivity index (χ2v) is 8.44. The Labute approximate surface area is 187 Å². The molecule has 0 aliphatic carbocycles. The number of para-hydroxylation sites is 1. The zero-order valence-corrected chi connectivity index (χ0v) is 18.3. The van der Waals surface area contributed by atoms with Crippen LogP contribution in [0.5, 0.6) is 0 Å². The van der Waals surface area contributed by atoms with Crippen LogP contribution in [0.4, 0.5) is 11.6 Å². The van der Waals surface area contributed by atoms with Crippen LogP contribution in [0.25, 0.3) is 22.0 Å². The molecular weight excluding hydrogens is 398 g/mol. The summed E-state index contributed by atoms with van der Waals surface area (Å²) in [7, 11) is 2.01. The molecule has 5 rings (SSSR count). The molecule has 2 N–H and O–H groups in total. The van der Waals surface area contributed by atoms with Gasteiger partial charge in [-0.2, -0.15) is 0 Å². The number of carbonyl (C=O) groups excluding carboxylic acids is 1. The minimum Gasteiger partial charge on any atom is -0.383 e. The molecule has 162 valence electrons. The molecule has 0 spiro atoms. The summed E-state index contributed by atoms with van der Waals surface area (Å²) in [4.78, 5) is 24.7. The normalized spacial score (nSPS) is 14.5. The summed E-state index contributed by atoms with van der Waals surface area (Å²) in [6.07, 6.45) is 8.60. The fourth-order valence-electron chi connectivity index (χ4n) is 4.54. The summed E-state index contributed by atoms with van der Waals surface area (Å²) < 4.78 is 2.08. The van der Waals surface area contributed by atoms with Crippen LogP contribution in [-0.2, 0) is 7.05 Å². The Hall–Kier alpha value is -3.67. The molecular formula is C26H27N5O. The Morgan fingerprint density at radius 1 is 1.00 bits per heavy atom. The largest absolute Gasteiger partial charge is 0.383 e. The van der Waals surface area contributed by atoms with Gasteiger partial charge in [0.2, 0.25) is 5.78 Å². The summed E-state index contributed by atoms with van der Waals surface area (Å²) in [6, 6.07) is 15.7. The summed E-state index contributed by atoms with van der Waals surface area (Å²) in [5.74, 6) is 0.879. The van der Waals surface area contributed by atoms with Crippen molar-refractivity contribution in [1.29, 1.82) is 0 Å². The van der Waals surface area contributed by atoms with Crippen molar-refractivity contribution < 1.29 is 4.79 Å². The Bertz CT molecular complexity index is 1280. The molecule has 0 saturated carbocycles. The number of aryl methyl sites for hydroxylation is 1. The highest BCUT2D eigenvalue weighted by atomic mass is 16.1. The Morgan fingerprint density at radius 3 is 2.59 bits per heavy atom. The SMILES string of the molecule is Cn1cc(-c2cnc(N)c(C(=O)c3cccc(N4CCCCCC4)n3)c2)c2ccccc21. The number of hydrogen-bond donors (Lipinski definition) is 1. The lowest BCUT2D eigenvalue weighted by Crippen LogP contribution is -2.25. The number of rotatable bonds is 4. The highest BCUT2D eigenvalue weighted by Crippen LogP contribution is 2.31. The number of fused-ring (bicyclic) bond motifs is 1. The van der Waals surface area contributed by atoms with E-state index < -0.39 is 0 Å². The molecule has 1 aliphatic heterocycles. The van der Waals surface area contributed by atoms with Crippen molar-refractivity contribution in [1.82, 2.24) is 14.5 Å². The van der Waals surface area contributed by atoms with Gasteiger partial charge in [0.25, 0.3) is 0 Å². The van der Waals surface area contributed by atoms with Crippen molar-refractivity contribution in [2.24, 2.45) is 7.05 Å². The predicted molar refractivity (Wildman–Crippen MR) is 129 cm³/mol. The summed E-state index contributed by atoms with van der Waals surface area (Å²) in [5.41, 5.74) is 9.95. The van der Waals surface area contributed by atoms with E-state index in [-0.39, 0.29) is 11.6 Å². The van der Waals surface area contributed by atoms with E-state index in [4.69, 9.17) is 10.7 Å². The second-order valence-electron chi connectivity index (χ2n) is 8.44. The minimum atomic E-state index is -0.200. The Balaban J connectivity index is 1.51. The van der Waals surface area contributed by atoms with Crippen molar-refractivity contribution in [3.05, 3.63) is 72.2 Å². The number of anilines is 2. The van der Waals surface area contributed by atoms with Crippen molar-refractivity contribution in [2.75, 3.05) is 23.7 Å². The van der Waals surface area contributed by atoms with Crippen LogP contribution in [0.1, 0.15) is 41.7 Å². The van der Waals surface area contributed by atoms with Gasteiger partial charge in [-0.1, -0.05) is 37.1 Å². The molecule has 1 saturated heterocycles. The van der Waals surface area contributed by atoms with Gasteiger partial charge in [-0.15, -0.1) is 0 Å². The second kappa shape index (κ2) is 8.46. The molecule has 4 heterocycles. The fraction of sp³-hybridized carbons (Fsp3) is 0.269. The maximum atomic E-state index is 13.4. The molecule has 0 bridgehead atoms. The average molecular weight is 426 g/mol. The predicted octanol–water partition coefficient (Wildman–Crippen LogP) is 4.83. The number of nitrogens with zero attached hydrogens (tertiary/aromatic N) is 4. The van der Waals surface area contributed by atoms with Crippen LogP contribution < -0.4 is 10.6 Å². The summed E-state index contributed by atoms with van der Waals surface area (Å²) >= 11 is 0. The van der Waals surface area contributed by atoms with Crippen LogP contribution in [0, 0.1) is 0 Å². The van der Waals surface area contributed by atoms with Gasteiger partial charge >= 0.3 is 0 Å². The van der Waals surface area contributed by atoms with Crippen molar-refractivity contribution in [2.45, 2.75) is 25.7 Å². The van der Waals surface area contributed by atoms with Gasteiger partial charge in [0.05, 0.1) is 5.56 Å². The minimum absolute atomic E-state index is 0.200. The molecule has 0 radical (unpaired) electrons. The average Bonchev–Trinajstić information content (AvgIpc) is 2.99. The first-order chi connectivity index (χ1) is 15.6. The first-order valence-electron chi connectivity index (χ1n) is 11.2. The smallest absolute Gasteiger partial charge is 0.215 e. The third-order valence-corrected chi connectivity index (χ3v) is 6.27. The van der Waals surface area contributed by atoms with Crippen LogP contribution in [-0.4, -0.2) is 33.4 Å². The highest BCUT2D eigenvalue weighted by molar-refractivity contribution is 6.11. The lowest BCUT2D eigenvalue weighted by molar-refractivity contribution is 0.103. The molecule has 6 heteroatoms. The monoisotopic (exact) mass is 425 g/mol. The first kappa shape index (κ1) is 20.2. The molecule has 1 fully saturated rings. The van der Waals surface area contributed by atoms with Gasteiger partial charge in [-0.3, -0.25) is 4.79 Å². The molecule has 4 aromatic rings. The van der Waals surface area contributed by atoms with Crippen molar-refractivity contribution in [3.8, 4) is 11.1 Å². The topological polar surface area (TPSA) is 77.0 Å². The van der Waals surface area contributed by atoms with Crippen LogP contribution in [0.2, 0.25) is 0 Å². The summed E-state index contributed by atoms with van der Waals surface area (Å²) in [5, 5.41) is 1.11. The van der Waals surface area contributed by atoms with Gasteiger partial charge in [0.1, 0.15) is 17.3 Å². The number of pyridine rings is 2. The van der Waals surface area contributed by atoms with Crippen molar-refractivity contribution in [3.63, 3.8) is 0 Å². The third-order valence-electron chi connectivity index (χ3n) is 6.27. The Kier molecular flexibility index (Phi) is 5.35. The fourth-order valence-corrected chi connectivity index (χ4v) is 4.54. The lowest BCUT2D eigenvalue weighted by Gasteiger charge is -2.21. The molecule has 1 aromatic carbocycles. The first-order valence-corrected chi connectivity index (χ1v) is 11.2. The van der Waals surface area contributed by atoms with E-state index in [1.165, 1.54) is 12.8 Å². The van der Waals surface area contributed by atoms with E-state index >= 15 is 0 Å². The van der Waals surface area contributed by atoms with Gasteiger partial charge in [-0.05, 0) is 37.1 Å². The van der Waals surface area contributed by atoms with Crippen LogP contribution >= 0.6 is 0 Å². The lowest BCUT2D eigenvalue weighted by atomic mass is 10.0. The number of hydrogen-bond acceptors (Lipinski definition) is 5. The number of aromatic nitrogens is 3. The van der Waals surface area contributed by atoms with E-state index in [2.05, 4.69) is 32.8 Å². The van der Waals surface area contributed by atoms with E-state index in [9.17, 15) is 4.79 Å². The van der Waals surface area contributed by atoms with E-state index in [0.29, 0.717) is 11.3 Å². The molecule has 6 nitrogen and oxygen atoms in total. The zero-order valence-electron chi connectivity index (χ0n) is 18.3. The number of carbonyl (C=O) groups is 1. The third kappa shape index (κ3) is 3.73. The molecule has 0 unspecified atom stereocenters. The number of benzene rings is 1. The Morgan fingerprint density at radius 2 is 1.78 bits per heavy atom. The molecule has 1 aliphatic rings. The summed E-state index contributed by atoms with van der Waals surface area (Å²) in [6.45, 7) is 1.95. The molecule has 0 atom stereocenters. The van der Waals surface area contributed by atoms with E-state index in [0.717, 1.165) is 53.8 Å². The van der Waals surface area contributed by atoms with E-state index in [1.54, 1.807) is 12.3 Å². The number of ketones is 1. The molecule has 32 heavy (non-hydrogen) atoms. The standard InChI is InChI=1S/C26H27N5O/c1-30-17-21(19-9-4-5-11-23(19)30)18-15-20(26(27)28-16-18)25(32)22-10-8-12-24(29-22)31-13-6-2-3-7-14-31/h4-5,8-12,15-17H,2-3,6-7,13-14H2,1H3,(H2,27,28). The van der Waals surface area contributed by atoms with Gasteiger partial charge < -0.3 is 15.2 Å². The van der Waals surface area contributed by atoms with Gasteiger partial charge in [0, 0.05) is 54.6 Å². The van der Waals surface area contributed by atoms with E-state index in [1.807, 2.05) is 37.4 Å². The van der Waals surface area contributed by atoms with Crippen molar-refractivity contribution >= 4 is 28.3 Å². The number of nitrogen functional groups attached to an aromatic ring is 1. The van der Waals surface area contributed by atoms with Crippen LogP contribution in [0.15, 0.2) is 60.9 Å². The molecule has 3 aromatic heterocycles. The van der Waals surface area contributed by atoms with Gasteiger partial charge in [0.15, 0.2) is 0 Å². The quantitative estimate of drug-likeness (QED) is 0.474. The maximum Gasteiger partial charge on any atom is 0.215 e.